The summed E-state index contributed by atoms with van der Waals surface area (Å²) in [6, 6.07) is 54.3. The van der Waals surface area contributed by atoms with Crippen LogP contribution in [0.1, 0.15) is 0 Å². The largest absolute Gasteiger partial charge is 0.456 e. The van der Waals surface area contributed by atoms with Crippen LogP contribution in [0.3, 0.4) is 0 Å². The van der Waals surface area contributed by atoms with E-state index in [0.29, 0.717) is 5.82 Å². The summed E-state index contributed by atoms with van der Waals surface area (Å²) in [6.45, 7) is 0. The zero-order valence-corrected chi connectivity index (χ0v) is 23.3. The van der Waals surface area contributed by atoms with Gasteiger partial charge in [0.25, 0.3) is 0 Å². The van der Waals surface area contributed by atoms with Crippen molar-refractivity contribution in [3.8, 4) is 56.2 Å². The molecule has 43 heavy (non-hydrogen) atoms. The van der Waals surface area contributed by atoms with Gasteiger partial charge in [-0.2, -0.15) is 0 Å². The Morgan fingerprint density at radius 2 is 0.977 bits per heavy atom. The third-order valence-electron chi connectivity index (χ3n) is 7.90. The summed E-state index contributed by atoms with van der Waals surface area (Å²) in [7, 11) is 0. The van der Waals surface area contributed by atoms with E-state index in [2.05, 4.69) is 97.1 Å². The van der Waals surface area contributed by atoms with E-state index in [1.165, 1.54) is 11.1 Å². The van der Waals surface area contributed by atoms with Crippen molar-refractivity contribution < 1.29 is 4.42 Å². The Labute approximate surface area is 249 Å². The molecule has 0 aliphatic heterocycles. The van der Waals surface area contributed by atoms with Gasteiger partial charge in [0.05, 0.1) is 11.4 Å². The molecule has 0 N–H and O–H groups in total. The molecule has 2 heterocycles. The average Bonchev–Trinajstić information content (AvgIpc) is 3.47. The summed E-state index contributed by atoms with van der Waals surface area (Å²) in [6.07, 6.45) is 0. The lowest BCUT2D eigenvalue weighted by molar-refractivity contribution is 0.669. The van der Waals surface area contributed by atoms with Gasteiger partial charge in [-0.1, -0.05) is 127 Å². The first kappa shape index (κ1) is 25.0. The van der Waals surface area contributed by atoms with Gasteiger partial charge in [-0.25, -0.2) is 9.97 Å². The Morgan fingerprint density at radius 3 is 1.72 bits per heavy atom. The van der Waals surface area contributed by atoms with Gasteiger partial charge in [-0.05, 0) is 52.6 Å². The Balaban J connectivity index is 1.27. The van der Waals surface area contributed by atoms with Gasteiger partial charge in [0.2, 0.25) is 0 Å². The van der Waals surface area contributed by atoms with Gasteiger partial charge < -0.3 is 4.42 Å². The standard InChI is InChI=1S/C40H26N2O/c1-4-12-27(13-5-1)30-18-10-19-31(24-30)33-20-11-21-37-39(33)34-23-22-32(25-38(34)43-37)36-26-35(28-14-6-2-7-15-28)41-40(42-36)29-16-8-3-9-17-29/h1-26H. The number of nitrogens with zero attached hydrogens (tertiary/aromatic N) is 2. The highest BCUT2D eigenvalue weighted by atomic mass is 16.3. The second kappa shape index (κ2) is 10.6. The summed E-state index contributed by atoms with van der Waals surface area (Å²) in [5.74, 6) is 0.697. The quantitative estimate of drug-likeness (QED) is 0.214. The maximum Gasteiger partial charge on any atom is 0.160 e. The van der Waals surface area contributed by atoms with Crippen LogP contribution in [0.5, 0.6) is 0 Å². The molecule has 0 amide bonds. The maximum atomic E-state index is 6.48. The molecule has 202 valence electrons. The van der Waals surface area contributed by atoms with Gasteiger partial charge in [0.15, 0.2) is 5.82 Å². The van der Waals surface area contributed by atoms with Crippen LogP contribution in [-0.4, -0.2) is 9.97 Å². The maximum absolute atomic E-state index is 6.48. The molecule has 0 radical (unpaired) electrons. The molecule has 0 saturated heterocycles. The SMILES string of the molecule is c1ccc(-c2cccc(-c3cccc4oc5cc(-c6cc(-c7ccccc7)nc(-c7ccccc7)n6)ccc5c34)c2)cc1. The first-order valence-corrected chi connectivity index (χ1v) is 14.4. The Morgan fingerprint density at radius 1 is 0.372 bits per heavy atom. The fourth-order valence-electron chi connectivity index (χ4n) is 5.79. The third kappa shape index (κ3) is 4.67. The van der Waals surface area contributed by atoms with Crippen LogP contribution in [0.25, 0.3) is 78.1 Å². The molecule has 6 aromatic carbocycles. The molecule has 0 aliphatic carbocycles. The molecule has 0 bridgehead atoms. The summed E-state index contributed by atoms with van der Waals surface area (Å²) in [4.78, 5) is 9.95. The Kier molecular flexibility index (Phi) is 6.12. The van der Waals surface area contributed by atoms with Gasteiger partial charge in [-0.3, -0.25) is 0 Å². The summed E-state index contributed by atoms with van der Waals surface area (Å²) >= 11 is 0. The first-order valence-electron chi connectivity index (χ1n) is 14.4. The van der Waals surface area contributed by atoms with Crippen LogP contribution in [-0.2, 0) is 0 Å². The average molecular weight is 551 g/mol. The van der Waals surface area contributed by atoms with Gasteiger partial charge in [0, 0.05) is 27.5 Å². The minimum atomic E-state index is 0.697. The zero-order valence-electron chi connectivity index (χ0n) is 23.3. The molecule has 3 nitrogen and oxygen atoms in total. The molecule has 0 fully saturated rings. The topological polar surface area (TPSA) is 38.9 Å². The minimum Gasteiger partial charge on any atom is -0.456 e. The number of rotatable bonds is 5. The minimum absolute atomic E-state index is 0.697. The highest BCUT2D eigenvalue weighted by Crippen LogP contribution is 2.39. The van der Waals surface area contributed by atoms with E-state index in [9.17, 15) is 0 Å². The van der Waals surface area contributed by atoms with Crippen molar-refractivity contribution in [1.29, 1.82) is 0 Å². The van der Waals surface area contributed by atoms with E-state index in [4.69, 9.17) is 14.4 Å². The lowest BCUT2D eigenvalue weighted by Crippen LogP contribution is -1.95. The van der Waals surface area contributed by atoms with Crippen molar-refractivity contribution in [3.05, 3.63) is 158 Å². The van der Waals surface area contributed by atoms with Crippen molar-refractivity contribution >= 4 is 21.9 Å². The smallest absolute Gasteiger partial charge is 0.160 e. The number of fused-ring (bicyclic) bond motifs is 3. The monoisotopic (exact) mass is 550 g/mol. The van der Waals surface area contributed by atoms with Gasteiger partial charge in [-0.15, -0.1) is 0 Å². The van der Waals surface area contributed by atoms with Crippen molar-refractivity contribution in [2.24, 2.45) is 0 Å². The fraction of sp³-hybridized carbons (Fsp3) is 0. The Hall–Kier alpha value is -5.80. The van der Waals surface area contributed by atoms with E-state index in [-0.39, 0.29) is 0 Å². The molecule has 0 unspecified atom stereocenters. The molecular formula is C40H26N2O. The van der Waals surface area contributed by atoms with Crippen LogP contribution in [0, 0.1) is 0 Å². The second-order valence-corrected chi connectivity index (χ2v) is 10.6. The molecule has 8 rings (SSSR count). The molecule has 0 spiro atoms. The lowest BCUT2D eigenvalue weighted by atomic mass is 9.95. The lowest BCUT2D eigenvalue weighted by Gasteiger charge is -2.09. The van der Waals surface area contributed by atoms with Crippen molar-refractivity contribution in [2.45, 2.75) is 0 Å². The molecule has 0 atom stereocenters. The fourth-order valence-corrected chi connectivity index (χ4v) is 5.79. The van der Waals surface area contributed by atoms with Crippen molar-refractivity contribution in [2.75, 3.05) is 0 Å². The number of hydrogen-bond donors (Lipinski definition) is 0. The van der Waals surface area contributed by atoms with Crippen molar-refractivity contribution in [3.63, 3.8) is 0 Å². The second-order valence-electron chi connectivity index (χ2n) is 10.6. The van der Waals surface area contributed by atoms with Crippen LogP contribution in [0.2, 0.25) is 0 Å². The van der Waals surface area contributed by atoms with Crippen LogP contribution < -0.4 is 0 Å². The molecule has 3 heteroatoms. The number of aromatic nitrogens is 2. The molecule has 8 aromatic rings. The number of furan rings is 1. The summed E-state index contributed by atoms with van der Waals surface area (Å²) < 4.78 is 6.48. The van der Waals surface area contributed by atoms with E-state index < -0.39 is 0 Å². The van der Waals surface area contributed by atoms with E-state index >= 15 is 0 Å². The highest BCUT2D eigenvalue weighted by molar-refractivity contribution is 6.13. The predicted molar refractivity (Wildman–Crippen MR) is 176 cm³/mol. The Bertz CT molecular complexity index is 2160. The third-order valence-corrected chi connectivity index (χ3v) is 7.90. The van der Waals surface area contributed by atoms with Gasteiger partial charge >= 0.3 is 0 Å². The normalized spacial score (nSPS) is 11.3. The predicted octanol–water partition coefficient (Wildman–Crippen LogP) is 10.7. The van der Waals surface area contributed by atoms with E-state index in [1.54, 1.807) is 0 Å². The molecule has 2 aromatic heterocycles. The molecular weight excluding hydrogens is 524 g/mol. The van der Waals surface area contributed by atoms with E-state index in [0.717, 1.165) is 61.1 Å². The summed E-state index contributed by atoms with van der Waals surface area (Å²) in [5.41, 5.74) is 11.2. The zero-order chi connectivity index (χ0) is 28.6. The molecule has 0 saturated carbocycles. The number of benzene rings is 6. The molecule has 0 aliphatic rings. The van der Waals surface area contributed by atoms with Gasteiger partial charge in [0.1, 0.15) is 11.2 Å². The first-order chi connectivity index (χ1) is 21.3. The van der Waals surface area contributed by atoms with Crippen molar-refractivity contribution in [1.82, 2.24) is 9.97 Å². The van der Waals surface area contributed by atoms with Crippen LogP contribution >= 0.6 is 0 Å². The van der Waals surface area contributed by atoms with Crippen LogP contribution in [0.15, 0.2) is 162 Å². The summed E-state index contributed by atoms with van der Waals surface area (Å²) in [5, 5.41) is 2.20. The highest BCUT2D eigenvalue weighted by Gasteiger charge is 2.16. The number of hydrogen-bond acceptors (Lipinski definition) is 3. The van der Waals surface area contributed by atoms with E-state index in [1.807, 2.05) is 60.7 Å². The van der Waals surface area contributed by atoms with Crippen LogP contribution in [0.4, 0.5) is 0 Å².